The Kier molecular flexibility index (Phi) is 3.05. The molecule has 0 amide bonds. The van der Waals surface area contributed by atoms with Gasteiger partial charge in [-0.25, -0.2) is 9.97 Å². The van der Waals surface area contributed by atoms with E-state index < -0.39 is 0 Å². The molecule has 12 heavy (non-hydrogen) atoms. The number of H-pyrrole nitrogens is 1. The third-order valence-corrected chi connectivity index (χ3v) is 1.41. The van der Waals surface area contributed by atoms with E-state index in [4.69, 9.17) is 11.6 Å². The number of fused-ring (bicyclic) bond motifs is 1. The quantitative estimate of drug-likeness (QED) is 0.682. The SMILES string of the molecule is CC.Clc1cnc2cc[nH]c2n1. The van der Waals surface area contributed by atoms with E-state index in [1.54, 1.807) is 6.20 Å². The smallest absolute Gasteiger partial charge is 0.157 e. The van der Waals surface area contributed by atoms with Crippen molar-refractivity contribution in [2.45, 2.75) is 13.8 Å². The van der Waals surface area contributed by atoms with Gasteiger partial charge in [-0.15, -0.1) is 0 Å². The van der Waals surface area contributed by atoms with E-state index in [1.807, 2.05) is 19.9 Å². The lowest BCUT2D eigenvalue weighted by atomic mass is 10.5. The van der Waals surface area contributed by atoms with Gasteiger partial charge >= 0.3 is 0 Å². The van der Waals surface area contributed by atoms with E-state index in [2.05, 4.69) is 15.0 Å². The van der Waals surface area contributed by atoms with E-state index in [0.29, 0.717) is 5.15 Å². The van der Waals surface area contributed by atoms with Crippen molar-refractivity contribution in [2.75, 3.05) is 0 Å². The number of nitrogens with zero attached hydrogens (tertiary/aromatic N) is 2. The highest BCUT2D eigenvalue weighted by Crippen LogP contribution is 2.08. The number of hydrogen-bond donors (Lipinski definition) is 1. The largest absolute Gasteiger partial charge is 0.345 e. The summed E-state index contributed by atoms with van der Waals surface area (Å²) in [5.74, 6) is 0. The van der Waals surface area contributed by atoms with E-state index in [0.717, 1.165) is 11.2 Å². The molecular weight excluding hydrogens is 174 g/mol. The highest BCUT2D eigenvalue weighted by atomic mass is 35.5. The molecule has 64 valence electrons. The average molecular weight is 184 g/mol. The summed E-state index contributed by atoms with van der Waals surface area (Å²) in [4.78, 5) is 10.9. The van der Waals surface area contributed by atoms with Gasteiger partial charge in [0.15, 0.2) is 5.65 Å². The Balaban J connectivity index is 0.000000336. The van der Waals surface area contributed by atoms with Gasteiger partial charge in [0.25, 0.3) is 0 Å². The Morgan fingerprint density at radius 2 is 2.17 bits per heavy atom. The van der Waals surface area contributed by atoms with Gasteiger partial charge in [-0.05, 0) is 6.07 Å². The molecule has 0 aliphatic carbocycles. The zero-order chi connectivity index (χ0) is 8.97. The molecule has 2 aromatic rings. The normalized spacial score (nSPS) is 9.25. The number of aromatic nitrogens is 3. The first-order valence-corrected chi connectivity index (χ1v) is 4.20. The highest BCUT2D eigenvalue weighted by molar-refractivity contribution is 6.29. The Labute approximate surface area is 75.8 Å². The fourth-order valence-electron chi connectivity index (χ4n) is 0.805. The van der Waals surface area contributed by atoms with Crippen LogP contribution in [-0.4, -0.2) is 15.0 Å². The summed E-state index contributed by atoms with van der Waals surface area (Å²) in [6.07, 6.45) is 3.30. The Morgan fingerprint density at radius 3 is 2.92 bits per heavy atom. The highest BCUT2D eigenvalue weighted by Gasteiger charge is 1.95. The van der Waals surface area contributed by atoms with Gasteiger partial charge in [0.05, 0.1) is 6.20 Å². The predicted molar refractivity (Wildman–Crippen MR) is 50.2 cm³/mol. The predicted octanol–water partition coefficient (Wildman–Crippen LogP) is 2.64. The van der Waals surface area contributed by atoms with Gasteiger partial charge in [0.2, 0.25) is 0 Å². The lowest BCUT2D eigenvalue weighted by Gasteiger charge is -1.87. The second-order valence-corrected chi connectivity index (χ2v) is 2.29. The van der Waals surface area contributed by atoms with Crippen LogP contribution in [0.5, 0.6) is 0 Å². The van der Waals surface area contributed by atoms with Crippen LogP contribution in [0.3, 0.4) is 0 Å². The molecule has 0 radical (unpaired) electrons. The van der Waals surface area contributed by atoms with Gasteiger partial charge in [0, 0.05) is 6.20 Å². The Bertz CT molecular complexity index is 356. The minimum Gasteiger partial charge on any atom is -0.345 e. The second kappa shape index (κ2) is 4.07. The van der Waals surface area contributed by atoms with Crippen molar-refractivity contribution in [1.82, 2.24) is 15.0 Å². The minimum atomic E-state index is 0.412. The first-order valence-electron chi connectivity index (χ1n) is 3.82. The molecule has 0 saturated heterocycles. The van der Waals surface area contributed by atoms with Crippen molar-refractivity contribution in [3.05, 3.63) is 23.6 Å². The maximum Gasteiger partial charge on any atom is 0.157 e. The van der Waals surface area contributed by atoms with Crippen molar-refractivity contribution in [3.63, 3.8) is 0 Å². The molecule has 0 aliphatic heterocycles. The Hall–Kier alpha value is -1.09. The third-order valence-electron chi connectivity index (χ3n) is 1.23. The van der Waals surface area contributed by atoms with Crippen LogP contribution in [-0.2, 0) is 0 Å². The minimum absolute atomic E-state index is 0.412. The van der Waals surface area contributed by atoms with Gasteiger partial charge in [-0.1, -0.05) is 25.4 Å². The van der Waals surface area contributed by atoms with Crippen LogP contribution in [0.15, 0.2) is 18.5 Å². The average Bonchev–Trinajstić information content (AvgIpc) is 2.54. The van der Waals surface area contributed by atoms with Crippen LogP contribution in [0, 0.1) is 0 Å². The molecule has 1 N–H and O–H groups in total. The fraction of sp³-hybridized carbons (Fsp3) is 0.250. The molecule has 2 aromatic heterocycles. The van der Waals surface area contributed by atoms with E-state index >= 15 is 0 Å². The molecule has 0 bridgehead atoms. The van der Waals surface area contributed by atoms with Crippen molar-refractivity contribution >= 4 is 22.8 Å². The summed E-state index contributed by atoms with van der Waals surface area (Å²) in [6, 6.07) is 1.85. The lowest BCUT2D eigenvalue weighted by molar-refractivity contribution is 1.26. The number of rotatable bonds is 0. The number of aromatic amines is 1. The van der Waals surface area contributed by atoms with Crippen molar-refractivity contribution in [3.8, 4) is 0 Å². The molecule has 0 atom stereocenters. The summed E-state index contributed by atoms with van der Waals surface area (Å²) < 4.78 is 0. The topological polar surface area (TPSA) is 41.6 Å². The van der Waals surface area contributed by atoms with Crippen LogP contribution in [0.1, 0.15) is 13.8 Å². The summed E-state index contributed by atoms with van der Waals surface area (Å²) in [6.45, 7) is 4.00. The summed E-state index contributed by atoms with van der Waals surface area (Å²) in [5.41, 5.74) is 1.57. The molecule has 0 saturated carbocycles. The van der Waals surface area contributed by atoms with Gasteiger partial charge < -0.3 is 4.98 Å². The number of hydrogen-bond acceptors (Lipinski definition) is 2. The summed E-state index contributed by atoms with van der Waals surface area (Å²) >= 11 is 5.58. The number of nitrogens with one attached hydrogen (secondary N) is 1. The summed E-state index contributed by atoms with van der Waals surface area (Å²) in [7, 11) is 0. The van der Waals surface area contributed by atoms with Crippen LogP contribution in [0.25, 0.3) is 11.2 Å². The molecule has 0 aliphatic rings. The van der Waals surface area contributed by atoms with Crippen molar-refractivity contribution in [2.24, 2.45) is 0 Å². The lowest BCUT2D eigenvalue weighted by Crippen LogP contribution is -1.79. The van der Waals surface area contributed by atoms with Crippen molar-refractivity contribution < 1.29 is 0 Å². The second-order valence-electron chi connectivity index (χ2n) is 1.90. The van der Waals surface area contributed by atoms with Gasteiger partial charge in [-0.2, -0.15) is 0 Å². The zero-order valence-electron chi connectivity index (χ0n) is 7.00. The van der Waals surface area contributed by atoms with Crippen LogP contribution in [0.4, 0.5) is 0 Å². The van der Waals surface area contributed by atoms with Gasteiger partial charge in [0.1, 0.15) is 10.7 Å². The van der Waals surface area contributed by atoms with Crippen LogP contribution < -0.4 is 0 Å². The van der Waals surface area contributed by atoms with E-state index in [1.165, 1.54) is 6.20 Å². The fourth-order valence-corrected chi connectivity index (χ4v) is 0.938. The molecule has 4 heteroatoms. The van der Waals surface area contributed by atoms with E-state index in [-0.39, 0.29) is 0 Å². The maximum absolute atomic E-state index is 5.58. The van der Waals surface area contributed by atoms with Gasteiger partial charge in [-0.3, -0.25) is 0 Å². The summed E-state index contributed by atoms with van der Waals surface area (Å²) in [5, 5.41) is 0.412. The molecule has 2 rings (SSSR count). The van der Waals surface area contributed by atoms with Crippen LogP contribution >= 0.6 is 11.6 Å². The van der Waals surface area contributed by atoms with Crippen LogP contribution in [0.2, 0.25) is 5.15 Å². The molecular formula is C8H10ClN3. The zero-order valence-corrected chi connectivity index (χ0v) is 7.76. The third kappa shape index (κ3) is 1.74. The molecule has 0 aromatic carbocycles. The molecule has 2 heterocycles. The van der Waals surface area contributed by atoms with E-state index in [9.17, 15) is 0 Å². The first kappa shape index (κ1) is 9.00. The molecule has 0 unspecified atom stereocenters. The standard InChI is InChI=1S/C6H4ClN3.C2H6/c7-5-3-9-4-1-2-8-6(4)10-5;1-2/h1-3H,(H,8,10);1-2H3. The molecule has 3 nitrogen and oxygen atoms in total. The van der Waals surface area contributed by atoms with Crippen molar-refractivity contribution in [1.29, 1.82) is 0 Å². The number of halogens is 1. The molecule has 0 fully saturated rings. The monoisotopic (exact) mass is 183 g/mol. The first-order chi connectivity index (χ1) is 5.86. The Morgan fingerprint density at radius 1 is 1.42 bits per heavy atom. The molecule has 0 spiro atoms. The maximum atomic E-state index is 5.58.